The second-order valence-corrected chi connectivity index (χ2v) is 6.90. The summed E-state index contributed by atoms with van der Waals surface area (Å²) in [5, 5.41) is 3.28. The Morgan fingerprint density at radius 3 is 2.43 bits per heavy atom. The smallest absolute Gasteiger partial charge is 0.332 e. The Hall–Kier alpha value is -3.20. The standard InChI is InChI=1S/C19H22N6O3/c1-22-15-16(21-18(22)24-10-8-20-9-11-24)23(2)19(28)25(17(15)27)12-14(26)13-6-4-3-5-7-13/h3-7,20H,8-12H2,1-2H3. The number of aryl methyl sites for hydroxylation is 2. The topological polar surface area (TPSA) is 94.2 Å². The summed E-state index contributed by atoms with van der Waals surface area (Å²) in [6, 6.07) is 8.64. The van der Waals surface area contributed by atoms with E-state index in [4.69, 9.17) is 0 Å². The van der Waals surface area contributed by atoms with E-state index in [0.717, 1.165) is 30.7 Å². The summed E-state index contributed by atoms with van der Waals surface area (Å²) in [7, 11) is 3.34. The maximum Gasteiger partial charge on any atom is 0.332 e. The van der Waals surface area contributed by atoms with Crippen molar-refractivity contribution in [2.75, 3.05) is 31.1 Å². The van der Waals surface area contributed by atoms with Gasteiger partial charge in [-0.25, -0.2) is 4.79 Å². The van der Waals surface area contributed by atoms with Gasteiger partial charge in [-0.15, -0.1) is 0 Å². The van der Waals surface area contributed by atoms with Gasteiger partial charge in [0.1, 0.15) is 0 Å². The fourth-order valence-electron chi connectivity index (χ4n) is 3.58. The summed E-state index contributed by atoms with van der Waals surface area (Å²) in [6.45, 7) is 2.90. The Labute approximate surface area is 160 Å². The number of hydrogen-bond donors (Lipinski definition) is 1. The van der Waals surface area contributed by atoms with Gasteiger partial charge >= 0.3 is 5.69 Å². The molecule has 146 valence electrons. The first-order chi connectivity index (χ1) is 13.5. The van der Waals surface area contributed by atoms with Crippen LogP contribution >= 0.6 is 0 Å². The summed E-state index contributed by atoms with van der Waals surface area (Å²) >= 11 is 0. The molecule has 1 N–H and O–H groups in total. The zero-order chi connectivity index (χ0) is 19.8. The average molecular weight is 382 g/mol. The Kier molecular flexibility index (Phi) is 4.60. The largest absolute Gasteiger partial charge is 0.340 e. The third-order valence-electron chi connectivity index (χ3n) is 5.13. The number of piperazine rings is 1. The molecular formula is C19H22N6O3. The number of ketones is 1. The fraction of sp³-hybridized carbons (Fsp3) is 0.368. The van der Waals surface area contributed by atoms with Crippen LogP contribution in [0.1, 0.15) is 10.4 Å². The molecule has 2 aromatic heterocycles. The molecule has 28 heavy (non-hydrogen) atoms. The Morgan fingerprint density at radius 1 is 1.07 bits per heavy atom. The molecule has 1 saturated heterocycles. The number of nitrogens with zero attached hydrogens (tertiary/aromatic N) is 5. The summed E-state index contributed by atoms with van der Waals surface area (Å²) in [5.74, 6) is 0.361. The van der Waals surface area contributed by atoms with E-state index in [1.807, 2.05) is 0 Å². The third kappa shape index (κ3) is 2.93. The maximum atomic E-state index is 13.1. The lowest BCUT2D eigenvalue weighted by Crippen LogP contribution is -2.44. The van der Waals surface area contributed by atoms with Crippen molar-refractivity contribution in [1.82, 2.24) is 24.0 Å². The highest BCUT2D eigenvalue weighted by Crippen LogP contribution is 2.18. The molecule has 1 fully saturated rings. The molecule has 0 aliphatic carbocycles. The molecule has 0 unspecified atom stereocenters. The van der Waals surface area contributed by atoms with Crippen molar-refractivity contribution in [1.29, 1.82) is 0 Å². The number of rotatable bonds is 4. The molecule has 0 spiro atoms. The van der Waals surface area contributed by atoms with Gasteiger partial charge in [-0.3, -0.25) is 18.7 Å². The van der Waals surface area contributed by atoms with Crippen LogP contribution in [0.3, 0.4) is 0 Å². The number of imidazole rings is 1. The molecule has 4 rings (SSSR count). The van der Waals surface area contributed by atoms with E-state index < -0.39 is 11.2 Å². The zero-order valence-corrected chi connectivity index (χ0v) is 15.9. The summed E-state index contributed by atoms with van der Waals surface area (Å²) in [5.41, 5.74) is 0.0551. The van der Waals surface area contributed by atoms with Crippen LogP contribution in [0, 0.1) is 0 Å². The first-order valence-corrected chi connectivity index (χ1v) is 9.19. The van der Waals surface area contributed by atoms with E-state index >= 15 is 0 Å². The van der Waals surface area contributed by atoms with Gasteiger partial charge in [0.05, 0.1) is 6.54 Å². The number of carbonyl (C=O) groups excluding carboxylic acids is 1. The van der Waals surface area contributed by atoms with E-state index in [2.05, 4.69) is 15.2 Å². The van der Waals surface area contributed by atoms with Crippen LogP contribution in [-0.2, 0) is 20.6 Å². The number of nitrogens with one attached hydrogen (secondary N) is 1. The molecule has 3 heterocycles. The van der Waals surface area contributed by atoms with Crippen molar-refractivity contribution >= 4 is 22.9 Å². The number of benzene rings is 1. The van der Waals surface area contributed by atoms with Gasteiger partial charge in [-0.1, -0.05) is 30.3 Å². The van der Waals surface area contributed by atoms with Crippen LogP contribution < -0.4 is 21.5 Å². The monoisotopic (exact) mass is 382 g/mol. The van der Waals surface area contributed by atoms with Gasteiger partial charge in [0.25, 0.3) is 5.56 Å². The van der Waals surface area contributed by atoms with Crippen LogP contribution in [0.15, 0.2) is 39.9 Å². The molecule has 9 nitrogen and oxygen atoms in total. The van der Waals surface area contributed by atoms with Crippen LogP contribution in [0.5, 0.6) is 0 Å². The maximum absolute atomic E-state index is 13.1. The SMILES string of the molecule is Cn1c(N2CCNCC2)nc2c1c(=O)n(CC(=O)c1ccccc1)c(=O)n2C. The Balaban J connectivity index is 1.82. The van der Waals surface area contributed by atoms with E-state index in [-0.39, 0.29) is 12.3 Å². The van der Waals surface area contributed by atoms with Gasteiger partial charge in [0, 0.05) is 45.8 Å². The first-order valence-electron chi connectivity index (χ1n) is 9.19. The van der Waals surface area contributed by atoms with Gasteiger partial charge in [0.2, 0.25) is 5.95 Å². The summed E-state index contributed by atoms with van der Waals surface area (Å²) in [6.07, 6.45) is 0. The average Bonchev–Trinajstić information content (AvgIpc) is 3.08. The van der Waals surface area contributed by atoms with Gasteiger partial charge in [-0.2, -0.15) is 4.98 Å². The number of Topliss-reactive ketones (excluding diaryl/α,β-unsaturated/α-hetero) is 1. The Morgan fingerprint density at radius 2 is 1.75 bits per heavy atom. The number of carbonyl (C=O) groups is 1. The quantitative estimate of drug-likeness (QED) is 0.624. The minimum atomic E-state index is -0.549. The molecule has 1 aliphatic rings. The van der Waals surface area contributed by atoms with Crippen molar-refractivity contribution in [3.8, 4) is 0 Å². The zero-order valence-electron chi connectivity index (χ0n) is 15.9. The molecule has 1 aliphatic heterocycles. The van der Waals surface area contributed by atoms with Crippen molar-refractivity contribution in [2.45, 2.75) is 6.54 Å². The van der Waals surface area contributed by atoms with Gasteiger partial charge in [0.15, 0.2) is 16.9 Å². The van der Waals surface area contributed by atoms with E-state index in [0.29, 0.717) is 22.7 Å². The predicted octanol–water partition coefficient (Wildman–Crippen LogP) is -0.274. The van der Waals surface area contributed by atoms with E-state index in [1.165, 1.54) is 4.57 Å². The predicted molar refractivity (Wildman–Crippen MR) is 106 cm³/mol. The molecule has 0 atom stereocenters. The highest BCUT2D eigenvalue weighted by molar-refractivity contribution is 5.95. The highest BCUT2D eigenvalue weighted by atomic mass is 16.2. The molecule has 1 aromatic carbocycles. The summed E-state index contributed by atoms with van der Waals surface area (Å²) in [4.78, 5) is 45.1. The molecular weight excluding hydrogens is 360 g/mol. The van der Waals surface area contributed by atoms with Gasteiger partial charge < -0.3 is 14.8 Å². The lowest BCUT2D eigenvalue weighted by molar-refractivity contribution is 0.0969. The molecule has 0 radical (unpaired) electrons. The number of fused-ring (bicyclic) bond motifs is 1. The molecule has 0 bridgehead atoms. The van der Waals surface area contributed by atoms with Crippen LogP contribution in [-0.4, -0.2) is 50.6 Å². The molecule has 3 aromatic rings. The third-order valence-corrected chi connectivity index (χ3v) is 5.13. The number of aromatic nitrogens is 4. The first kappa shape index (κ1) is 18.2. The van der Waals surface area contributed by atoms with Crippen molar-refractivity contribution in [2.24, 2.45) is 14.1 Å². The molecule has 0 saturated carbocycles. The van der Waals surface area contributed by atoms with Crippen molar-refractivity contribution in [3.63, 3.8) is 0 Å². The minimum Gasteiger partial charge on any atom is -0.340 e. The molecule has 0 amide bonds. The lowest BCUT2D eigenvalue weighted by Gasteiger charge is -2.28. The van der Waals surface area contributed by atoms with Crippen molar-refractivity contribution in [3.05, 3.63) is 56.7 Å². The van der Waals surface area contributed by atoms with Crippen molar-refractivity contribution < 1.29 is 4.79 Å². The molecule has 9 heteroatoms. The second kappa shape index (κ2) is 7.08. The fourth-order valence-corrected chi connectivity index (χ4v) is 3.58. The number of hydrogen-bond acceptors (Lipinski definition) is 6. The summed E-state index contributed by atoms with van der Waals surface area (Å²) < 4.78 is 4.04. The normalized spacial score (nSPS) is 14.6. The van der Waals surface area contributed by atoms with Gasteiger partial charge in [-0.05, 0) is 0 Å². The van der Waals surface area contributed by atoms with E-state index in [9.17, 15) is 14.4 Å². The Bertz CT molecular complexity index is 1150. The van der Waals surface area contributed by atoms with Crippen LogP contribution in [0.4, 0.5) is 5.95 Å². The van der Waals surface area contributed by atoms with E-state index in [1.54, 1.807) is 49.0 Å². The van der Waals surface area contributed by atoms with Crippen LogP contribution in [0.25, 0.3) is 11.2 Å². The lowest BCUT2D eigenvalue weighted by atomic mass is 10.1. The van der Waals surface area contributed by atoms with Crippen LogP contribution in [0.2, 0.25) is 0 Å². The highest BCUT2D eigenvalue weighted by Gasteiger charge is 2.23. The minimum absolute atomic E-state index is 0.288. The number of anilines is 1. The second-order valence-electron chi connectivity index (χ2n) is 6.90.